The first-order valence-electron chi connectivity index (χ1n) is 9.69. The molecule has 2 saturated carbocycles. The smallest absolute Gasteiger partial charge is 0.0337 e. The molecular formula is C19H36N2. The molecule has 3 fully saturated rings. The van der Waals surface area contributed by atoms with Crippen molar-refractivity contribution < 1.29 is 0 Å². The van der Waals surface area contributed by atoms with E-state index in [2.05, 4.69) is 24.1 Å². The minimum atomic E-state index is 0.342. The third-order valence-electron chi connectivity index (χ3n) is 6.80. The fourth-order valence-corrected chi connectivity index (χ4v) is 5.08. The molecule has 0 amide bonds. The molecule has 1 aliphatic heterocycles. The number of piperazine rings is 1. The largest absolute Gasteiger partial charge is 0.308 e. The van der Waals surface area contributed by atoms with Crippen LogP contribution in [0.25, 0.3) is 0 Å². The van der Waals surface area contributed by atoms with Crippen LogP contribution in [0.3, 0.4) is 0 Å². The fraction of sp³-hybridized carbons (Fsp3) is 1.00. The summed E-state index contributed by atoms with van der Waals surface area (Å²) in [5.74, 6) is 0. The molecule has 1 spiro atoms. The van der Waals surface area contributed by atoms with Gasteiger partial charge in [-0.2, -0.15) is 0 Å². The van der Waals surface area contributed by atoms with Gasteiger partial charge < -0.3 is 5.32 Å². The normalized spacial score (nSPS) is 35.7. The summed E-state index contributed by atoms with van der Waals surface area (Å²) in [5.41, 5.74) is 0.844. The summed E-state index contributed by atoms with van der Waals surface area (Å²) >= 11 is 0. The average molecular weight is 293 g/mol. The zero-order chi connectivity index (χ0) is 14.8. The maximum Gasteiger partial charge on any atom is 0.0337 e. The van der Waals surface area contributed by atoms with Crippen molar-refractivity contribution in [2.75, 3.05) is 13.1 Å². The topological polar surface area (TPSA) is 15.3 Å². The third kappa shape index (κ3) is 3.32. The van der Waals surface area contributed by atoms with Crippen LogP contribution in [-0.2, 0) is 0 Å². The summed E-state index contributed by atoms with van der Waals surface area (Å²) in [5, 5.41) is 3.95. The summed E-state index contributed by atoms with van der Waals surface area (Å²) in [6.07, 6.45) is 17.3. The lowest BCUT2D eigenvalue weighted by Gasteiger charge is -2.58. The van der Waals surface area contributed by atoms with Crippen molar-refractivity contribution in [3.63, 3.8) is 0 Å². The minimum Gasteiger partial charge on any atom is -0.308 e. The van der Waals surface area contributed by atoms with Gasteiger partial charge in [0.25, 0.3) is 0 Å². The first-order valence-corrected chi connectivity index (χ1v) is 9.69. The van der Waals surface area contributed by atoms with Crippen LogP contribution in [0.5, 0.6) is 0 Å². The molecule has 1 heterocycles. The van der Waals surface area contributed by atoms with Gasteiger partial charge in [-0.1, -0.05) is 51.9 Å². The fourth-order valence-electron chi connectivity index (χ4n) is 5.08. The highest BCUT2D eigenvalue weighted by Gasteiger charge is 2.47. The van der Waals surface area contributed by atoms with Gasteiger partial charge in [0.1, 0.15) is 0 Å². The van der Waals surface area contributed by atoms with Crippen LogP contribution < -0.4 is 5.32 Å². The van der Waals surface area contributed by atoms with E-state index < -0.39 is 0 Å². The second kappa shape index (κ2) is 6.58. The Morgan fingerprint density at radius 1 is 0.952 bits per heavy atom. The Morgan fingerprint density at radius 2 is 1.57 bits per heavy atom. The number of hydrogen-bond acceptors (Lipinski definition) is 2. The number of hydrogen-bond donors (Lipinski definition) is 1. The van der Waals surface area contributed by atoms with Gasteiger partial charge in [0.15, 0.2) is 0 Å². The van der Waals surface area contributed by atoms with Gasteiger partial charge in [-0.15, -0.1) is 0 Å². The first-order chi connectivity index (χ1) is 10.2. The van der Waals surface area contributed by atoms with Crippen molar-refractivity contribution in [3.8, 4) is 0 Å². The highest BCUT2D eigenvalue weighted by atomic mass is 15.3. The van der Waals surface area contributed by atoms with Crippen LogP contribution in [0.4, 0.5) is 0 Å². The average Bonchev–Trinajstić information content (AvgIpc) is 2.80. The molecule has 21 heavy (non-hydrogen) atoms. The maximum absolute atomic E-state index is 3.95. The molecule has 0 aromatic heterocycles. The van der Waals surface area contributed by atoms with Gasteiger partial charge in [0.2, 0.25) is 0 Å². The molecule has 2 aliphatic carbocycles. The van der Waals surface area contributed by atoms with Crippen LogP contribution in [0.2, 0.25) is 0 Å². The van der Waals surface area contributed by atoms with Crippen molar-refractivity contribution in [3.05, 3.63) is 0 Å². The summed E-state index contributed by atoms with van der Waals surface area (Å²) in [7, 11) is 0. The first kappa shape index (κ1) is 15.8. The molecule has 1 N–H and O–H groups in total. The van der Waals surface area contributed by atoms with Crippen molar-refractivity contribution in [1.29, 1.82) is 0 Å². The molecular weight excluding hydrogens is 256 g/mol. The van der Waals surface area contributed by atoms with Gasteiger partial charge in [-0.3, -0.25) is 4.90 Å². The Bertz CT molecular complexity index is 326. The molecule has 2 nitrogen and oxygen atoms in total. The third-order valence-corrected chi connectivity index (χ3v) is 6.80. The molecule has 0 aromatic rings. The zero-order valence-corrected chi connectivity index (χ0v) is 14.4. The molecule has 3 aliphatic rings. The van der Waals surface area contributed by atoms with Crippen molar-refractivity contribution in [1.82, 2.24) is 10.2 Å². The molecule has 0 radical (unpaired) electrons. The van der Waals surface area contributed by atoms with E-state index in [1.165, 1.54) is 90.1 Å². The lowest BCUT2D eigenvalue weighted by molar-refractivity contribution is -0.0486. The van der Waals surface area contributed by atoms with Crippen LogP contribution in [0, 0.1) is 0 Å². The molecule has 0 bridgehead atoms. The summed E-state index contributed by atoms with van der Waals surface area (Å²) in [4.78, 5) is 3.03. The standard InChI is InChI=1S/C19H36N2/c1-3-18(2)16-21(17-11-7-4-5-8-12-17)19(15-20-18)13-9-6-10-14-19/h17,20H,3-16H2,1-2H3. The summed E-state index contributed by atoms with van der Waals surface area (Å²) in [6.45, 7) is 7.34. The lowest BCUT2D eigenvalue weighted by Crippen LogP contribution is -2.71. The minimum absolute atomic E-state index is 0.342. The highest BCUT2D eigenvalue weighted by Crippen LogP contribution is 2.41. The second-order valence-corrected chi connectivity index (χ2v) is 8.33. The summed E-state index contributed by atoms with van der Waals surface area (Å²) < 4.78 is 0. The lowest BCUT2D eigenvalue weighted by atomic mass is 9.75. The predicted molar refractivity (Wildman–Crippen MR) is 90.7 cm³/mol. The van der Waals surface area contributed by atoms with Crippen LogP contribution in [-0.4, -0.2) is 35.1 Å². The molecule has 122 valence electrons. The Kier molecular flexibility index (Phi) is 4.95. The maximum atomic E-state index is 3.95. The van der Waals surface area contributed by atoms with E-state index in [1.807, 2.05) is 0 Å². The Morgan fingerprint density at radius 3 is 2.19 bits per heavy atom. The van der Waals surface area contributed by atoms with E-state index in [0.717, 1.165) is 6.04 Å². The van der Waals surface area contributed by atoms with Crippen LogP contribution in [0.15, 0.2) is 0 Å². The number of nitrogens with one attached hydrogen (secondary N) is 1. The van der Waals surface area contributed by atoms with Crippen molar-refractivity contribution in [2.45, 2.75) is 108 Å². The van der Waals surface area contributed by atoms with E-state index in [0.29, 0.717) is 11.1 Å². The summed E-state index contributed by atoms with van der Waals surface area (Å²) in [6, 6.07) is 0.874. The molecule has 1 unspecified atom stereocenters. The highest BCUT2D eigenvalue weighted by molar-refractivity contribution is 5.06. The molecule has 0 aromatic carbocycles. The van der Waals surface area contributed by atoms with Gasteiger partial charge in [0, 0.05) is 30.2 Å². The van der Waals surface area contributed by atoms with Gasteiger partial charge >= 0.3 is 0 Å². The van der Waals surface area contributed by atoms with E-state index in [-0.39, 0.29) is 0 Å². The Balaban J connectivity index is 1.81. The number of rotatable bonds is 2. The molecule has 1 atom stereocenters. The monoisotopic (exact) mass is 292 g/mol. The molecule has 2 heteroatoms. The quantitative estimate of drug-likeness (QED) is 0.755. The van der Waals surface area contributed by atoms with E-state index in [1.54, 1.807) is 0 Å². The van der Waals surface area contributed by atoms with Gasteiger partial charge in [0.05, 0.1) is 0 Å². The SMILES string of the molecule is CCC1(C)CN(C2CCCCCC2)C2(CCCCC2)CN1. The number of nitrogens with zero attached hydrogens (tertiary/aromatic N) is 1. The van der Waals surface area contributed by atoms with E-state index in [9.17, 15) is 0 Å². The van der Waals surface area contributed by atoms with Gasteiger partial charge in [-0.05, 0) is 39.0 Å². The Hall–Kier alpha value is -0.0800. The zero-order valence-electron chi connectivity index (χ0n) is 14.4. The second-order valence-electron chi connectivity index (χ2n) is 8.33. The molecule has 3 rings (SSSR count). The van der Waals surface area contributed by atoms with Crippen LogP contribution in [0.1, 0.15) is 90.9 Å². The van der Waals surface area contributed by atoms with Crippen LogP contribution >= 0.6 is 0 Å². The van der Waals surface area contributed by atoms with E-state index >= 15 is 0 Å². The van der Waals surface area contributed by atoms with Crippen molar-refractivity contribution >= 4 is 0 Å². The predicted octanol–water partition coefficient (Wildman–Crippen LogP) is 4.49. The molecule has 1 saturated heterocycles. The van der Waals surface area contributed by atoms with Gasteiger partial charge in [-0.25, -0.2) is 0 Å². The van der Waals surface area contributed by atoms with E-state index in [4.69, 9.17) is 0 Å². The Labute approximate surface area is 132 Å². The van der Waals surface area contributed by atoms with Crippen molar-refractivity contribution in [2.24, 2.45) is 0 Å².